The molecule has 2 N–H and O–H groups in total. The summed E-state index contributed by atoms with van der Waals surface area (Å²) in [5, 5.41) is 5.22. The van der Waals surface area contributed by atoms with Gasteiger partial charge in [-0.05, 0) is 12.0 Å². The van der Waals surface area contributed by atoms with E-state index < -0.39 is 24.0 Å². The maximum atomic E-state index is 12.5. The molecule has 0 saturated carbocycles. The lowest BCUT2D eigenvalue weighted by Crippen LogP contribution is -2.49. The first-order valence-electron chi connectivity index (χ1n) is 9.34. The van der Waals surface area contributed by atoms with Crippen molar-refractivity contribution in [1.82, 2.24) is 10.6 Å². The van der Waals surface area contributed by atoms with E-state index in [2.05, 4.69) is 10.6 Å². The van der Waals surface area contributed by atoms with Gasteiger partial charge in [-0.15, -0.1) is 0 Å². The molecule has 0 bridgehead atoms. The van der Waals surface area contributed by atoms with Crippen LogP contribution in [0.3, 0.4) is 0 Å². The molecular formula is C22H22N2O5. The third-order valence-electron chi connectivity index (χ3n) is 4.81. The minimum atomic E-state index is -0.888. The molecule has 2 amide bonds. The lowest BCUT2D eigenvalue weighted by molar-refractivity contribution is -0.145. The number of carbonyl (C=O) groups excluding carboxylic acids is 4. The van der Waals surface area contributed by atoms with Gasteiger partial charge in [0, 0.05) is 24.0 Å². The predicted molar refractivity (Wildman–Crippen MR) is 105 cm³/mol. The van der Waals surface area contributed by atoms with Gasteiger partial charge in [0.25, 0.3) is 0 Å². The van der Waals surface area contributed by atoms with Gasteiger partial charge in [-0.2, -0.15) is 0 Å². The number of methoxy groups -OCH3 is 1. The van der Waals surface area contributed by atoms with Crippen molar-refractivity contribution in [3.63, 3.8) is 0 Å². The molecule has 2 atom stereocenters. The molecule has 1 fully saturated rings. The number of ether oxygens (including phenoxy) is 1. The number of amides is 2. The van der Waals surface area contributed by atoms with Gasteiger partial charge in [-0.1, -0.05) is 54.6 Å². The fourth-order valence-electron chi connectivity index (χ4n) is 3.20. The standard InChI is InChI=1S/C22H22N2O5/c1-29-22(28)18(24-21(27)17-11-12-19(25)23-17)13-14-7-9-16(10-8-14)20(26)15-5-3-2-4-6-15/h2-10,17-18H,11-13H2,1H3,(H,23,25)(H,24,27)/t17-,18-/m1/s1. The minimum absolute atomic E-state index is 0.0908. The maximum absolute atomic E-state index is 12.5. The monoisotopic (exact) mass is 394 g/mol. The van der Waals surface area contributed by atoms with Crippen LogP contribution >= 0.6 is 0 Å². The molecule has 0 unspecified atom stereocenters. The highest BCUT2D eigenvalue weighted by molar-refractivity contribution is 6.08. The molecular weight excluding hydrogens is 372 g/mol. The number of nitrogens with one attached hydrogen (secondary N) is 2. The second kappa shape index (κ2) is 9.14. The summed E-state index contributed by atoms with van der Waals surface area (Å²) >= 11 is 0. The van der Waals surface area contributed by atoms with Crippen molar-refractivity contribution >= 4 is 23.6 Å². The van der Waals surface area contributed by atoms with Crippen LogP contribution in [0.25, 0.3) is 0 Å². The summed E-state index contributed by atoms with van der Waals surface area (Å²) in [5.41, 5.74) is 1.90. The van der Waals surface area contributed by atoms with Crippen LogP contribution in [-0.4, -0.2) is 42.8 Å². The molecule has 7 heteroatoms. The Labute approximate surface area is 168 Å². The minimum Gasteiger partial charge on any atom is -0.467 e. The average Bonchev–Trinajstić information content (AvgIpc) is 3.19. The number of ketones is 1. The van der Waals surface area contributed by atoms with Crippen molar-refractivity contribution in [2.45, 2.75) is 31.3 Å². The molecule has 0 spiro atoms. The van der Waals surface area contributed by atoms with Crippen LogP contribution in [0, 0.1) is 0 Å². The molecule has 29 heavy (non-hydrogen) atoms. The zero-order valence-corrected chi connectivity index (χ0v) is 16.0. The summed E-state index contributed by atoms with van der Waals surface area (Å²) in [4.78, 5) is 48.2. The number of benzene rings is 2. The van der Waals surface area contributed by atoms with Crippen LogP contribution in [-0.2, 0) is 25.5 Å². The van der Waals surface area contributed by atoms with Crippen molar-refractivity contribution in [2.75, 3.05) is 7.11 Å². The van der Waals surface area contributed by atoms with Gasteiger partial charge in [0.05, 0.1) is 7.11 Å². The Morgan fingerprint density at radius 1 is 1.07 bits per heavy atom. The zero-order valence-electron chi connectivity index (χ0n) is 16.0. The smallest absolute Gasteiger partial charge is 0.328 e. The first-order chi connectivity index (χ1) is 14.0. The van der Waals surface area contributed by atoms with Crippen molar-refractivity contribution < 1.29 is 23.9 Å². The topological polar surface area (TPSA) is 102 Å². The predicted octanol–water partition coefficient (Wildman–Crippen LogP) is 1.40. The molecule has 1 aliphatic rings. The Hall–Kier alpha value is -3.48. The molecule has 2 aromatic carbocycles. The fraction of sp³-hybridized carbons (Fsp3) is 0.273. The zero-order chi connectivity index (χ0) is 20.8. The van der Waals surface area contributed by atoms with Crippen LogP contribution in [0.1, 0.15) is 34.3 Å². The van der Waals surface area contributed by atoms with E-state index in [0.29, 0.717) is 17.5 Å². The molecule has 1 aliphatic heterocycles. The molecule has 1 saturated heterocycles. The Bertz CT molecular complexity index is 909. The summed E-state index contributed by atoms with van der Waals surface area (Å²) < 4.78 is 4.79. The van der Waals surface area contributed by atoms with E-state index in [0.717, 1.165) is 5.56 Å². The van der Waals surface area contributed by atoms with Gasteiger partial charge < -0.3 is 15.4 Å². The quantitative estimate of drug-likeness (QED) is 0.546. The van der Waals surface area contributed by atoms with E-state index in [4.69, 9.17) is 4.74 Å². The Morgan fingerprint density at radius 3 is 2.31 bits per heavy atom. The van der Waals surface area contributed by atoms with Gasteiger partial charge in [0.1, 0.15) is 12.1 Å². The third kappa shape index (κ3) is 5.07. The van der Waals surface area contributed by atoms with E-state index in [1.54, 1.807) is 48.5 Å². The van der Waals surface area contributed by atoms with E-state index >= 15 is 0 Å². The lowest BCUT2D eigenvalue weighted by Gasteiger charge is -2.19. The lowest BCUT2D eigenvalue weighted by atomic mass is 9.99. The van der Waals surface area contributed by atoms with E-state index in [9.17, 15) is 19.2 Å². The second-order valence-corrected chi connectivity index (χ2v) is 6.84. The molecule has 3 rings (SSSR count). The van der Waals surface area contributed by atoms with Crippen LogP contribution in [0.2, 0.25) is 0 Å². The SMILES string of the molecule is COC(=O)[C@@H](Cc1ccc(C(=O)c2ccccc2)cc1)NC(=O)[C@H]1CCC(=O)N1. The molecule has 7 nitrogen and oxygen atoms in total. The van der Waals surface area contributed by atoms with Crippen molar-refractivity contribution in [3.8, 4) is 0 Å². The highest BCUT2D eigenvalue weighted by Crippen LogP contribution is 2.13. The Kier molecular flexibility index (Phi) is 6.39. The number of rotatable bonds is 7. The molecule has 0 aromatic heterocycles. The fourth-order valence-corrected chi connectivity index (χ4v) is 3.20. The van der Waals surface area contributed by atoms with Gasteiger partial charge in [-0.3, -0.25) is 14.4 Å². The number of hydrogen-bond donors (Lipinski definition) is 2. The van der Waals surface area contributed by atoms with Gasteiger partial charge >= 0.3 is 5.97 Å². The molecule has 1 heterocycles. The molecule has 2 aromatic rings. The largest absolute Gasteiger partial charge is 0.467 e. The van der Waals surface area contributed by atoms with Gasteiger partial charge in [-0.25, -0.2) is 4.79 Å². The van der Waals surface area contributed by atoms with Crippen LogP contribution in [0.15, 0.2) is 54.6 Å². The highest BCUT2D eigenvalue weighted by atomic mass is 16.5. The summed E-state index contributed by atoms with van der Waals surface area (Å²) in [6, 6.07) is 14.3. The molecule has 150 valence electrons. The first-order valence-corrected chi connectivity index (χ1v) is 9.34. The van der Waals surface area contributed by atoms with Crippen molar-refractivity contribution in [2.24, 2.45) is 0 Å². The average molecular weight is 394 g/mol. The van der Waals surface area contributed by atoms with Crippen LogP contribution in [0.4, 0.5) is 0 Å². The highest BCUT2D eigenvalue weighted by Gasteiger charge is 2.30. The summed E-state index contributed by atoms with van der Waals surface area (Å²) in [7, 11) is 1.25. The Morgan fingerprint density at radius 2 is 1.72 bits per heavy atom. The summed E-state index contributed by atoms with van der Waals surface area (Å²) in [6.45, 7) is 0. The van der Waals surface area contributed by atoms with Crippen molar-refractivity contribution in [3.05, 3.63) is 71.3 Å². The number of esters is 1. The first kappa shape index (κ1) is 20.3. The van der Waals surface area contributed by atoms with Gasteiger partial charge in [0.2, 0.25) is 11.8 Å². The molecule has 0 radical (unpaired) electrons. The third-order valence-corrected chi connectivity index (χ3v) is 4.81. The van der Waals surface area contributed by atoms with E-state index in [-0.39, 0.29) is 24.5 Å². The number of carbonyl (C=O) groups is 4. The normalized spacial score (nSPS) is 16.6. The Balaban J connectivity index is 1.67. The second-order valence-electron chi connectivity index (χ2n) is 6.84. The van der Waals surface area contributed by atoms with E-state index in [1.807, 2.05) is 6.07 Å². The summed E-state index contributed by atoms with van der Waals surface area (Å²) in [6.07, 6.45) is 0.894. The van der Waals surface area contributed by atoms with Gasteiger partial charge in [0.15, 0.2) is 5.78 Å². The maximum Gasteiger partial charge on any atom is 0.328 e. The number of hydrogen-bond acceptors (Lipinski definition) is 5. The van der Waals surface area contributed by atoms with E-state index in [1.165, 1.54) is 7.11 Å². The molecule has 0 aliphatic carbocycles. The van der Waals surface area contributed by atoms with Crippen molar-refractivity contribution in [1.29, 1.82) is 0 Å². The van der Waals surface area contributed by atoms with Crippen LogP contribution in [0.5, 0.6) is 0 Å². The van der Waals surface area contributed by atoms with Crippen LogP contribution < -0.4 is 10.6 Å². The summed E-state index contributed by atoms with van der Waals surface area (Å²) in [5.74, 6) is -1.26.